The Balaban J connectivity index is 3.29. The molecule has 0 aromatic rings. The Morgan fingerprint density at radius 3 is 0.717 bits per heavy atom. The quantitative estimate of drug-likeness (QED) is 0.0320. The van der Waals surface area contributed by atoms with Crippen LogP contribution in [-0.2, 0) is 14.3 Å². The second-order valence-corrected chi connectivity index (χ2v) is 32.4. The summed E-state index contributed by atoms with van der Waals surface area (Å²) < 4.78 is 5.52. The van der Waals surface area contributed by atoms with Crippen molar-refractivity contribution < 1.29 is 24.5 Å². The summed E-state index contributed by atoms with van der Waals surface area (Å²) in [6.07, 6.45) is 115. The van der Waals surface area contributed by atoms with E-state index in [0.29, 0.717) is 25.9 Å². The van der Waals surface area contributed by atoms with Crippen LogP contribution in [-0.4, -0.2) is 47.4 Å². The molecule has 0 saturated heterocycles. The lowest BCUT2D eigenvalue weighted by Gasteiger charge is -2.22. The summed E-state index contributed by atoms with van der Waals surface area (Å²) in [5, 5.41) is 23.5. The zero-order valence-corrected chi connectivity index (χ0v) is 68.0. The van der Waals surface area contributed by atoms with Gasteiger partial charge in [0, 0.05) is 12.8 Å². The Labute approximate surface area is 622 Å². The van der Waals surface area contributed by atoms with Gasteiger partial charge in [-0.2, -0.15) is 0 Å². The molecule has 0 bridgehead atoms. The van der Waals surface area contributed by atoms with Crippen LogP contribution in [0.2, 0.25) is 0 Å². The summed E-state index contributed by atoms with van der Waals surface area (Å²) in [5.41, 5.74) is 0. The van der Waals surface area contributed by atoms with Gasteiger partial charge in [-0.1, -0.05) is 495 Å². The maximum absolute atomic E-state index is 12.6. The third-order valence-corrected chi connectivity index (χ3v) is 22.3. The monoisotopic (exact) mass is 1390 g/mol. The number of esters is 1. The third kappa shape index (κ3) is 85.4. The second-order valence-electron chi connectivity index (χ2n) is 32.4. The standard InChI is InChI=1S/C93H183NO5/c1-3-5-7-9-11-13-15-17-19-21-23-24-25-41-44-47-50-53-57-61-65-69-73-77-81-85-91(96)90(89-95)94-92(97)86-82-78-74-70-66-62-58-54-51-48-45-42-39-37-35-33-31-29-27-26-28-30-32-34-36-38-40-43-46-49-52-56-60-64-68-72-76-80-84-88-99-93(98)87-83-79-75-71-67-63-59-55-22-20-18-16-14-12-10-8-6-4-2/h20,22,90-91,95-96H,3-19,21,23-89H2,1-2H3,(H,94,97)/b22-20-. The molecule has 2 unspecified atom stereocenters. The van der Waals surface area contributed by atoms with Crippen LogP contribution in [0.1, 0.15) is 547 Å². The van der Waals surface area contributed by atoms with Crippen LogP contribution in [0.4, 0.5) is 0 Å². The number of rotatable bonds is 89. The van der Waals surface area contributed by atoms with Crippen LogP contribution in [0.15, 0.2) is 12.2 Å². The molecule has 0 aromatic heterocycles. The SMILES string of the molecule is CCCCCCCCC/C=C\CCCCCCCCCC(=O)OCCCCCCCCCCCCCCCCCCCCCCCCCCCCCCCCCCCCCCCCCC(=O)NC(CO)C(O)CCCCCCCCCCCCCCCCCCCCCCCCCCC. The Morgan fingerprint density at radius 2 is 0.475 bits per heavy atom. The zero-order chi connectivity index (χ0) is 71.2. The highest BCUT2D eigenvalue weighted by atomic mass is 16.5. The first-order valence-electron chi connectivity index (χ1n) is 46.4. The summed E-state index contributed by atoms with van der Waals surface area (Å²) in [4.78, 5) is 24.7. The average molecular weight is 1400 g/mol. The van der Waals surface area contributed by atoms with Gasteiger partial charge in [-0.3, -0.25) is 9.59 Å². The molecule has 0 spiro atoms. The minimum atomic E-state index is -0.661. The topological polar surface area (TPSA) is 95.9 Å². The normalized spacial score (nSPS) is 12.4. The van der Waals surface area contributed by atoms with E-state index in [1.807, 2.05) is 0 Å². The van der Waals surface area contributed by atoms with E-state index in [2.05, 4.69) is 31.3 Å². The Kier molecular flexibility index (Phi) is 87.7. The van der Waals surface area contributed by atoms with Crippen molar-refractivity contribution in [3.05, 3.63) is 12.2 Å². The maximum Gasteiger partial charge on any atom is 0.305 e. The van der Waals surface area contributed by atoms with Crippen molar-refractivity contribution >= 4 is 11.9 Å². The van der Waals surface area contributed by atoms with Crippen molar-refractivity contribution in [2.75, 3.05) is 13.2 Å². The summed E-state index contributed by atoms with van der Waals surface area (Å²) in [5.74, 6) is 0.00109. The van der Waals surface area contributed by atoms with Gasteiger partial charge in [0.05, 0.1) is 25.4 Å². The van der Waals surface area contributed by atoms with E-state index < -0.39 is 12.1 Å². The van der Waals surface area contributed by atoms with Crippen LogP contribution in [0.5, 0.6) is 0 Å². The Bertz CT molecular complexity index is 1520. The van der Waals surface area contributed by atoms with Crippen LogP contribution in [0, 0.1) is 0 Å². The molecule has 0 rings (SSSR count). The summed E-state index contributed by atoms with van der Waals surface area (Å²) in [6, 6.07) is -0.538. The number of ether oxygens (including phenoxy) is 1. The van der Waals surface area contributed by atoms with Gasteiger partial charge in [-0.25, -0.2) is 0 Å². The summed E-state index contributed by atoms with van der Waals surface area (Å²) in [7, 11) is 0. The molecule has 590 valence electrons. The molecule has 0 aliphatic rings. The molecule has 6 heteroatoms. The lowest BCUT2D eigenvalue weighted by molar-refractivity contribution is -0.143. The van der Waals surface area contributed by atoms with Gasteiger partial charge in [-0.05, 0) is 51.4 Å². The number of allylic oxidation sites excluding steroid dienone is 2. The van der Waals surface area contributed by atoms with Crippen LogP contribution < -0.4 is 5.32 Å². The predicted octanol–water partition coefficient (Wildman–Crippen LogP) is 31.3. The molecule has 0 aliphatic carbocycles. The van der Waals surface area contributed by atoms with Gasteiger partial charge < -0.3 is 20.3 Å². The number of hydrogen-bond acceptors (Lipinski definition) is 5. The highest BCUT2D eigenvalue weighted by molar-refractivity contribution is 5.76. The van der Waals surface area contributed by atoms with E-state index >= 15 is 0 Å². The first-order chi connectivity index (χ1) is 49.0. The maximum atomic E-state index is 12.6. The fraction of sp³-hybridized carbons (Fsp3) is 0.957. The zero-order valence-electron chi connectivity index (χ0n) is 68.0. The van der Waals surface area contributed by atoms with Gasteiger partial charge in [0.2, 0.25) is 5.91 Å². The van der Waals surface area contributed by atoms with Crippen molar-refractivity contribution in [1.29, 1.82) is 0 Å². The minimum Gasteiger partial charge on any atom is -0.466 e. The predicted molar refractivity (Wildman–Crippen MR) is 440 cm³/mol. The molecule has 6 nitrogen and oxygen atoms in total. The Morgan fingerprint density at radius 1 is 0.273 bits per heavy atom. The molecule has 99 heavy (non-hydrogen) atoms. The van der Waals surface area contributed by atoms with E-state index in [0.717, 1.165) is 38.5 Å². The highest BCUT2D eigenvalue weighted by Crippen LogP contribution is 2.22. The molecule has 0 saturated carbocycles. The second kappa shape index (κ2) is 89.0. The lowest BCUT2D eigenvalue weighted by atomic mass is 10.0. The summed E-state index contributed by atoms with van der Waals surface area (Å²) >= 11 is 0. The molecule has 2 atom stereocenters. The number of aliphatic hydroxyl groups is 2. The largest absolute Gasteiger partial charge is 0.466 e. The Hall–Kier alpha value is -1.40. The first kappa shape index (κ1) is 97.6. The number of unbranched alkanes of at least 4 members (excludes halogenated alkanes) is 76. The molecule has 0 radical (unpaired) electrons. The van der Waals surface area contributed by atoms with Crippen LogP contribution in [0.3, 0.4) is 0 Å². The minimum absolute atomic E-state index is 0.0217. The molecule has 0 heterocycles. The molecule has 1 amide bonds. The van der Waals surface area contributed by atoms with E-state index in [4.69, 9.17) is 4.74 Å². The molecular weight excluding hydrogens is 1210 g/mol. The number of carbonyl (C=O) groups excluding carboxylic acids is 2. The van der Waals surface area contributed by atoms with Crippen molar-refractivity contribution in [2.24, 2.45) is 0 Å². The van der Waals surface area contributed by atoms with E-state index in [-0.39, 0.29) is 18.5 Å². The lowest BCUT2D eigenvalue weighted by Crippen LogP contribution is -2.45. The van der Waals surface area contributed by atoms with Gasteiger partial charge in [0.15, 0.2) is 0 Å². The molecular formula is C93H183NO5. The van der Waals surface area contributed by atoms with Crippen molar-refractivity contribution in [3.8, 4) is 0 Å². The number of nitrogens with one attached hydrogen (secondary N) is 1. The molecule has 0 aromatic carbocycles. The van der Waals surface area contributed by atoms with Gasteiger partial charge in [0.25, 0.3) is 0 Å². The van der Waals surface area contributed by atoms with Gasteiger partial charge >= 0.3 is 5.97 Å². The van der Waals surface area contributed by atoms with E-state index in [1.54, 1.807) is 0 Å². The van der Waals surface area contributed by atoms with Crippen molar-refractivity contribution in [3.63, 3.8) is 0 Å². The van der Waals surface area contributed by atoms with E-state index in [1.165, 1.54) is 475 Å². The molecule has 0 aliphatic heterocycles. The van der Waals surface area contributed by atoms with Crippen molar-refractivity contribution in [1.82, 2.24) is 5.32 Å². The van der Waals surface area contributed by atoms with Gasteiger partial charge in [-0.15, -0.1) is 0 Å². The summed E-state index contributed by atoms with van der Waals surface area (Å²) in [6.45, 7) is 5.02. The van der Waals surface area contributed by atoms with Crippen molar-refractivity contribution in [2.45, 2.75) is 559 Å². The first-order valence-corrected chi connectivity index (χ1v) is 46.4. The van der Waals surface area contributed by atoms with E-state index in [9.17, 15) is 19.8 Å². The number of carbonyl (C=O) groups is 2. The average Bonchev–Trinajstić information content (AvgIpc) is 2.05. The van der Waals surface area contributed by atoms with Crippen LogP contribution in [0.25, 0.3) is 0 Å². The fourth-order valence-electron chi connectivity index (χ4n) is 15.3. The highest BCUT2D eigenvalue weighted by Gasteiger charge is 2.20. The number of amides is 1. The molecule has 3 N–H and O–H groups in total. The number of aliphatic hydroxyl groups excluding tert-OH is 2. The third-order valence-electron chi connectivity index (χ3n) is 22.3. The fourth-order valence-corrected chi connectivity index (χ4v) is 15.3. The van der Waals surface area contributed by atoms with Gasteiger partial charge in [0.1, 0.15) is 0 Å². The number of hydrogen-bond donors (Lipinski definition) is 3. The molecule has 0 fully saturated rings. The smallest absolute Gasteiger partial charge is 0.305 e. The van der Waals surface area contributed by atoms with Crippen LogP contribution >= 0.6 is 0 Å².